The maximum atomic E-state index is 14.1. The monoisotopic (exact) mass is 418 g/mol. The molecule has 0 N–H and O–H groups in total. The van der Waals surface area contributed by atoms with Crippen LogP contribution in [-0.2, 0) is 16.1 Å². The number of nitrogens with zero attached hydrogens (tertiary/aromatic N) is 3. The van der Waals surface area contributed by atoms with Crippen LogP contribution < -0.4 is 0 Å². The van der Waals surface area contributed by atoms with Gasteiger partial charge in [0.2, 0.25) is 0 Å². The molecular formula is C21H25FN3O3S+. The number of halogens is 1. The van der Waals surface area contributed by atoms with Crippen molar-refractivity contribution in [1.82, 2.24) is 9.80 Å². The number of thioether (sulfide) groups is 1. The Bertz CT molecular complexity index is 878. The van der Waals surface area contributed by atoms with Crippen LogP contribution in [0.2, 0.25) is 0 Å². The number of amides is 4. The van der Waals surface area contributed by atoms with E-state index in [0.29, 0.717) is 18.8 Å². The first-order valence-corrected chi connectivity index (χ1v) is 10.7. The third kappa shape index (κ3) is 4.42. The number of hydrogen-bond donors (Lipinski definition) is 0. The fraction of sp³-hybridized carbons (Fsp3) is 0.429. The van der Waals surface area contributed by atoms with Crippen LogP contribution in [0.25, 0.3) is 0 Å². The number of allylic oxidation sites excluding steroid dienone is 1. The van der Waals surface area contributed by atoms with Crippen molar-refractivity contribution in [3.8, 4) is 0 Å². The summed E-state index contributed by atoms with van der Waals surface area (Å²) in [7, 11) is 0. The summed E-state index contributed by atoms with van der Waals surface area (Å²) in [6.45, 7) is 4.95. The van der Waals surface area contributed by atoms with Crippen LogP contribution in [0.4, 0.5) is 9.18 Å². The van der Waals surface area contributed by atoms with Crippen molar-refractivity contribution in [3.63, 3.8) is 0 Å². The molecule has 0 fully saturated rings. The molecule has 2 aliphatic heterocycles. The van der Waals surface area contributed by atoms with E-state index in [2.05, 4.69) is 0 Å². The second-order valence-electron chi connectivity index (χ2n) is 7.01. The Labute approximate surface area is 174 Å². The molecule has 1 aromatic carbocycles. The summed E-state index contributed by atoms with van der Waals surface area (Å²) in [6.07, 6.45) is 3.36. The molecule has 1 aromatic rings. The van der Waals surface area contributed by atoms with E-state index < -0.39 is 17.1 Å². The van der Waals surface area contributed by atoms with E-state index in [9.17, 15) is 18.8 Å². The Morgan fingerprint density at radius 3 is 2.55 bits per heavy atom. The number of hydrogen-bond acceptors (Lipinski definition) is 4. The highest BCUT2D eigenvalue weighted by atomic mass is 32.2. The van der Waals surface area contributed by atoms with Gasteiger partial charge >= 0.3 is 11.9 Å². The van der Waals surface area contributed by atoms with Gasteiger partial charge in [-0.15, -0.1) is 11.8 Å². The number of fused-ring (bicyclic) bond motifs is 1. The highest BCUT2D eigenvalue weighted by Crippen LogP contribution is 2.29. The maximum Gasteiger partial charge on any atom is 0.501 e. The number of imide groups is 1. The minimum Gasteiger partial charge on any atom is -0.339 e. The molecule has 2 heterocycles. The van der Waals surface area contributed by atoms with E-state index in [4.69, 9.17) is 0 Å². The largest absolute Gasteiger partial charge is 0.501 e. The van der Waals surface area contributed by atoms with Crippen molar-refractivity contribution in [3.05, 3.63) is 47.1 Å². The van der Waals surface area contributed by atoms with Crippen molar-refractivity contribution >= 4 is 35.3 Å². The lowest BCUT2D eigenvalue weighted by Gasteiger charge is -2.26. The Morgan fingerprint density at radius 1 is 1.21 bits per heavy atom. The Hall–Kier alpha value is -2.48. The van der Waals surface area contributed by atoms with Crippen LogP contribution in [0.3, 0.4) is 0 Å². The van der Waals surface area contributed by atoms with Crippen molar-refractivity contribution < 1.29 is 23.3 Å². The first kappa shape index (κ1) is 21.2. The molecule has 0 saturated carbocycles. The zero-order chi connectivity index (χ0) is 21.0. The van der Waals surface area contributed by atoms with Gasteiger partial charge in [-0.25, -0.2) is 9.18 Å². The molecule has 8 heteroatoms. The van der Waals surface area contributed by atoms with Gasteiger partial charge in [0.25, 0.3) is 5.91 Å². The second kappa shape index (κ2) is 9.35. The number of carbonyl (C=O) groups is 3. The van der Waals surface area contributed by atoms with E-state index in [1.54, 1.807) is 34.6 Å². The summed E-state index contributed by atoms with van der Waals surface area (Å²) in [6, 6.07) is 5.48. The van der Waals surface area contributed by atoms with Crippen molar-refractivity contribution in [2.24, 2.45) is 0 Å². The van der Waals surface area contributed by atoms with Gasteiger partial charge in [0.05, 0.1) is 0 Å². The highest BCUT2D eigenvalue weighted by Gasteiger charge is 2.49. The van der Waals surface area contributed by atoms with Crippen LogP contribution in [-0.4, -0.2) is 62.8 Å². The number of urea groups is 1. The van der Waals surface area contributed by atoms with E-state index in [1.165, 1.54) is 22.4 Å². The third-order valence-electron chi connectivity index (χ3n) is 4.91. The van der Waals surface area contributed by atoms with E-state index in [-0.39, 0.29) is 30.5 Å². The number of benzene rings is 1. The minimum absolute atomic E-state index is 0.128. The first-order chi connectivity index (χ1) is 14.0. The average molecular weight is 419 g/mol. The molecule has 4 amide bonds. The molecule has 1 atom stereocenters. The van der Waals surface area contributed by atoms with Gasteiger partial charge in [0.1, 0.15) is 18.1 Å². The number of rotatable bonds is 8. The van der Waals surface area contributed by atoms with Gasteiger partial charge in [0.15, 0.2) is 11.8 Å². The molecule has 3 rings (SSSR count). The Kier molecular flexibility index (Phi) is 6.84. The lowest BCUT2D eigenvalue weighted by atomic mass is 10.1. The molecule has 0 saturated heterocycles. The molecule has 0 bridgehead atoms. The molecular weight excluding hydrogens is 393 g/mol. The standard InChI is InChI=1S/C21H25FN3O3S/c1-3-10-23(11-4-2)18(26)14-24-17-9-12-29-19(17)20(27)25(21(24)28)13-15-7-5-6-8-16(15)22/h5-9,12,19H,3-4,10-11,13-14H2,1-2H3/q+1. The highest BCUT2D eigenvalue weighted by molar-refractivity contribution is 8.04. The lowest BCUT2D eigenvalue weighted by molar-refractivity contribution is -0.428. The Morgan fingerprint density at radius 2 is 1.90 bits per heavy atom. The average Bonchev–Trinajstić information content (AvgIpc) is 3.19. The summed E-state index contributed by atoms with van der Waals surface area (Å²) in [4.78, 5) is 41.7. The fourth-order valence-corrected chi connectivity index (χ4v) is 4.45. The predicted molar refractivity (Wildman–Crippen MR) is 110 cm³/mol. The summed E-state index contributed by atoms with van der Waals surface area (Å²) in [5, 5.41) is 1.17. The molecule has 0 aromatic heterocycles. The molecule has 2 aliphatic rings. The lowest BCUT2D eigenvalue weighted by Crippen LogP contribution is -2.56. The predicted octanol–water partition coefficient (Wildman–Crippen LogP) is 3.02. The van der Waals surface area contributed by atoms with Crippen LogP contribution in [0, 0.1) is 5.82 Å². The van der Waals surface area contributed by atoms with Gasteiger partial charge in [-0.05, 0) is 30.4 Å². The SMILES string of the molecule is CCCN(CCC)C(=O)C[N+]1=C2C=CSC2C(=O)N(Cc2ccccc2F)C1=O. The maximum absolute atomic E-state index is 14.1. The van der Waals surface area contributed by atoms with Crippen LogP contribution in [0.1, 0.15) is 32.3 Å². The normalized spacial score (nSPS) is 18.4. The van der Waals surface area contributed by atoms with E-state index in [1.807, 2.05) is 13.8 Å². The summed E-state index contributed by atoms with van der Waals surface area (Å²) in [5.74, 6) is -1.01. The topological polar surface area (TPSA) is 60.7 Å². The quantitative estimate of drug-likeness (QED) is 0.609. The molecule has 1 unspecified atom stereocenters. The second-order valence-corrected chi connectivity index (χ2v) is 8.02. The molecule has 0 aliphatic carbocycles. The molecule has 154 valence electrons. The fourth-order valence-electron chi connectivity index (χ4n) is 3.49. The molecule has 29 heavy (non-hydrogen) atoms. The zero-order valence-corrected chi connectivity index (χ0v) is 17.5. The van der Waals surface area contributed by atoms with E-state index in [0.717, 1.165) is 17.7 Å². The molecule has 0 radical (unpaired) electrons. The Balaban J connectivity index is 1.88. The van der Waals surface area contributed by atoms with E-state index >= 15 is 0 Å². The zero-order valence-electron chi connectivity index (χ0n) is 16.6. The third-order valence-corrected chi connectivity index (χ3v) is 5.91. The molecule has 0 spiro atoms. The molecule has 6 nitrogen and oxygen atoms in total. The first-order valence-electron chi connectivity index (χ1n) is 9.80. The van der Waals surface area contributed by atoms with Gasteiger partial charge < -0.3 is 4.90 Å². The summed E-state index contributed by atoms with van der Waals surface area (Å²) < 4.78 is 15.5. The van der Waals surface area contributed by atoms with Crippen molar-refractivity contribution in [2.45, 2.75) is 38.5 Å². The van der Waals surface area contributed by atoms with Crippen molar-refractivity contribution in [2.75, 3.05) is 19.6 Å². The van der Waals surface area contributed by atoms with Crippen LogP contribution in [0.5, 0.6) is 0 Å². The van der Waals surface area contributed by atoms with Gasteiger partial charge in [0, 0.05) is 18.7 Å². The summed E-state index contributed by atoms with van der Waals surface area (Å²) in [5.41, 5.74) is 0.787. The van der Waals surface area contributed by atoms with Crippen LogP contribution in [0.15, 0.2) is 35.7 Å². The number of carbonyl (C=O) groups excluding carboxylic acids is 3. The van der Waals surface area contributed by atoms with Crippen molar-refractivity contribution in [1.29, 1.82) is 0 Å². The van der Waals surface area contributed by atoms with Gasteiger partial charge in [-0.1, -0.05) is 32.0 Å². The van der Waals surface area contributed by atoms with Gasteiger partial charge in [-0.3, -0.25) is 4.79 Å². The summed E-state index contributed by atoms with van der Waals surface area (Å²) >= 11 is 1.29. The minimum atomic E-state index is -0.585. The van der Waals surface area contributed by atoms with Crippen LogP contribution >= 0.6 is 11.8 Å². The smallest absolute Gasteiger partial charge is 0.339 e. The van der Waals surface area contributed by atoms with Gasteiger partial charge in [-0.2, -0.15) is 14.3 Å².